The van der Waals surface area contributed by atoms with Crippen molar-refractivity contribution in [3.63, 3.8) is 0 Å². The van der Waals surface area contributed by atoms with Crippen molar-refractivity contribution < 1.29 is 9.59 Å². The Morgan fingerprint density at radius 2 is 1.90 bits per heavy atom. The molecule has 0 rings (SSSR count). The first kappa shape index (κ1) is 9.06. The summed E-state index contributed by atoms with van der Waals surface area (Å²) in [6.07, 6.45) is -0.129. The lowest BCUT2D eigenvalue weighted by atomic mass is 10.1. The summed E-state index contributed by atoms with van der Waals surface area (Å²) in [5.41, 5.74) is 14.9. The summed E-state index contributed by atoms with van der Waals surface area (Å²) >= 11 is 0. The van der Waals surface area contributed by atoms with Gasteiger partial charge in [0.1, 0.15) is 0 Å². The summed E-state index contributed by atoms with van der Waals surface area (Å²) in [5, 5.41) is 0. The zero-order valence-corrected chi connectivity index (χ0v) is 5.54. The van der Waals surface area contributed by atoms with E-state index >= 15 is 0 Å². The largest absolute Gasteiger partial charge is 0.370 e. The van der Waals surface area contributed by atoms with Crippen LogP contribution in [-0.4, -0.2) is 24.3 Å². The quantitative estimate of drug-likeness (QED) is 0.413. The number of carbonyl (C=O) groups is 2. The van der Waals surface area contributed by atoms with Gasteiger partial charge < -0.3 is 17.2 Å². The van der Waals surface area contributed by atoms with Gasteiger partial charge in [0.2, 0.25) is 5.91 Å². The van der Waals surface area contributed by atoms with Gasteiger partial charge in [-0.2, -0.15) is 0 Å². The third-order valence-corrected chi connectivity index (χ3v) is 1.04. The molecule has 0 bridgehead atoms. The monoisotopic (exact) mass is 145 g/mol. The van der Waals surface area contributed by atoms with E-state index in [1.54, 1.807) is 0 Å². The lowest BCUT2D eigenvalue weighted by Crippen LogP contribution is -2.38. The predicted molar refractivity (Wildman–Crippen MR) is 35.8 cm³/mol. The van der Waals surface area contributed by atoms with E-state index < -0.39 is 11.9 Å². The fourth-order valence-corrected chi connectivity index (χ4v) is 0.482. The molecular formula is C5H11N3O2. The molecule has 0 aromatic rings. The summed E-state index contributed by atoms with van der Waals surface area (Å²) in [6.45, 7) is -0.144. The Kier molecular flexibility index (Phi) is 3.60. The summed E-state index contributed by atoms with van der Waals surface area (Å²) in [7, 11) is 0. The fraction of sp³-hybridized carbons (Fsp3) is 0.600. The van der Waals surface area contributed by atoms with Crippen molar-refractivity contribution >= 4 is 11.7 Å². The zero-order chi connectivity index (χ0) is 8.15. The molecule has 1 unspecified atom stereocenters. The molecule has 6 N–H and O–H groups in total. The molecule has 0 fully saturated rings. The molecule has 0 heterocycles. The van der Waals surface area contributed by atoms with Crippen LogP contribution in [0.15, 0.2) is 0 Å². The topological polar surface area (TPSA) is 112 Å². The van der Waals surface area contributed by atoms with Gasteiger partial charge in [-0.3, -0.25) is 9.59 Å². The minimum absolute atomic E-state index is 0.129. The predicted octanol–water partition coefficient (Wildman–Crippen LogP) is -2.28. The minimum Gasteiger partial charge on any atom is -0.370 e. The molecule has 10 heavy (non-hydrogen) atoms. The van der Waals surface area contributed by atoms with E-state index in [2.05, 4.69) is 0 Å². The average molecular weight is 145 g/mol. The Morgan fingerprint density at radius 1 is 1.40 bits per heavy atom. The SMILES string of the molecule is NCC(=O)C(N)CC(N)=O. The zero-order valence-electron chi connectivity index (χ0n) is 5.54. The molecule has 1 amide bonds. The van der Waals surface area contributed by atoms with E-state index in [1.165, 1.54) is 0 Å². The van der Waals surface area contributed by atoms with Gasteiger partial charge in [-0.15, -0.1) is 0 Å². The lowest BCUT2D eigenvalue weighted by Gasteiger charge is -2.04. The number of carbonyl (C=O) groups excluding carboxylic acids is 2. The number of nitrogens with two attached hydrogens (primary N) is 3. The highest BCUT2D eigenvalue weighted by Crippen LogP contribution is 1.86. The maximum atomic E-state index is 10.6. The highest BCUT2D eigenvalue weighted by molar-refractivity contribution is 5.90. The van der Waals surface area contributed by atoms with E-state index in [0.717, 1.165) is 0 Å². The summed E-state index contributed by atoms with van der Waals surface area (Å²) in [5.74, 6) is -0.937. The van der Waals surface area contributed by atoms with Crippen molar-refractivity contribution in [2.75, 3.05) is 6.54 Å². The molecule has 0 aliphatic carbocycles. The molecule has 0 aromatic heterocycles. The van der Waals surface area contributed by atoms with Crippen molar-refractivity contribution in [1.82, 2.24) is 0 Å². The second-order valence-electron chi connectivity index (χ2n) is 1.95. The normalized spacial score (nSPS) is 12.6. The second-order valence-corrected chi connectivity index (χ2v) is 1.95. The first-order valence-corrected chi connectivity index (χ1v) is 2.84. The Labute approximate surface area is 58.5 Å². The lowest BCUT2D eigenvalue weighted by molar-refractivity contribution is -0.124. The number of primary amides is 1. The number of ketones is 1. The van der Waals surface area contributed by atoms with Gasteiger partial charge in [-0.1, -0.05) is 0 Å². The van der Waals surface area contributed by atoms with Crippen LogP contribution in [0.4, 0.5) is 0 Å². The number of hydrogen-bond donors (Lipinski definition) is 3. The molecular weight excluding hydrogens is 134 g/mol. The van der Waals surface area contributed by atoms with Crippen molar-refractivity contribution in [2.45, 2.75) is 12.5 Å². The van der Waals surface area contributed by atoms with Crippen molar-refractivity contribution in [1.29, 1.82) is 0 Å². The summed E-state index contributed by atoms with van der Waals surface area (Å²) in [6, 6.07) is -0.831. The molecule has 0 aliphatic rings. The van der Waals surface area contributed by atoms with Crippen LogP contribution < -0.4 is 17.2 Å². The minimum atomic E-state index is -0.831. The van der Waals surface area contributed by atoms with Gasteiger partial charge in [-0.25, -0.2) is 0 Å². The molecule has 58 valence electrons. The molecule has 5 heteroatoms. The van der Waals surface area contributed by atoms with Gasteiger partial charge in [0.25, 0.3) is 0 Å². The van der Waals surface area contributed by atoms with Gasteiger partial charge in [0.15, 0.2) is 5.78 Å². The first-order chi connectivity index (χ1) is 4.57. The number of rotatable bonds is 4. The van der Waals surface area contributed by atoms with Crippen LogP contribution in [0, 0.1) is 0 Å². The van der Waals surface area contributed by atoms with Gasteiger partial charge in [0, 0.05) is 6.42 Å². The van der Waals surface area contributed by atoms with E-state index in [0.29, 0.717) is 0 Å². The van der Waals surface area contributed by atoms with Crippen molar-refractivity contribution in [2.24, 2.45) is 17.2 Å². The van der Waals surface area contributed by atoms with Crippen LogP contribution in [0.3, 0.4) is 0 Å². The highest BCUT2D eigenvalue weighted by atomic mass is 16.1. The maximum Gasteiger partial charge on any atom is 0.219 e. The first-order valence-electron chi connectivity index (χ1n) is 2.84. The van der Waals surface area contributed by atoms with Crippen LogP contribution in [0.1, 0.15) is 6.42 Å². The Hall–Kier alpha value is -0.940. The Balaban J connectivity index is 3.72. The van der Waals surface area contributed by atoms with Gasteiger partial charge >= 0.3 is 0 Å². The fourth-order valence-electron chi connectivity index (χ4n) is 0.482. The standard InChI is InChI=1S/C5H11N3O2/c6-2-4(9)3(7)1-5(8)10/h3H,1-2,6-7H2,(H2,8,10). The number of Topliss-reactive ketones (excluding diaryl/α,β-unsaturated/α-hetero) is 1. The molecule has 1 atom stereocenters. The molecule has 0 spiro atoms. The van der Waals surface area contributed by atoms with Crippen LogP contribution in [0.25, 0.3) is 0 Å². The van der Waals surface area contributed by atoms with E-state index in [1.807, 2.05) is 0 Å². The maximum absolute atomic E-state index is 10.6. The smallest absolute Gasteiger partial charge is 0.219 e. The van der Waals surface area contributed by atoms with E-state index in [4.69, 9.17) is 17.2 Å². The van der Waals surface area contributed by atoms with Crippen molar-refractivity contribution in [3.05, 3.63) is 0 Å². The van der Waals surface area contributed by atoms with Gasteiger partial charge in [0.05, 0.1) is 12.6 Å². The van der Waals surface area contributed by atoms with E-state index in [-0.39, 0.29) is 18.7 Å². The van der Waals surface area contributed by atoms with E-state index in [9.17, 15) is 9.59 Å². The molecule has 0 aliphatic heterocycles. The molecule has 0 radical (unpaired) electrons. The average Bonchev–Trinajstić information content (AvgIpc) is 1.85. The van der Waals surface area contributed by atoms with Crippen LogP contribution in [-0.2, 0) is 9.59 Å². The van der Waals surface area contributed by atoms with Gasteiger partial charge in [-0.05, 0) is 0 Å². The Bertz CT molecular complexity index is 146. The molecule has 5 nitrogen and oxygen atoms in total. The third kappa shape index (κ3) is 3.16. The summed E-state index contributed by atoms with van der Waals surface area (Å²) < 4.78 is 0. The third-order valence-electron chi connectivity index (χ3n) is 1.04. The number of amides is 1. The Morgan fingerprint density at radius 3 is 2.20 bits per heavy atom. The van der Waals surface area contributed by atoms with Crippen LogP contribution >= 0.6 is 0 Å². The molecule has 0 saturated heterocycles. The second kappa shape index (κ2) is 3.97. The number of hydrogen-bond acceptors (Lipinski definition) is 4. The van der Waals surface area contributed by atoms with Crippen LogP contribution in [0.5, 0.6) is 0 Å². The molecule has 0 aromatic carbocycles. The van der Waals surface area contributed by atoms with Crippen molar-refractivity contribution in [3.8, 4) is 0 Å². The van der Waals surface area contributed by atoms with Crippen LogP contribution in [0.2, 0.25) is 0 Å². The molecule has 0 saturated carbocycles. The summed E-state index contributed by atoms with van der Waals surface area (Å²) in [4.78, 5) is 20.8. The highest BCUT2D eigenvalue weighted by Gasteiger charge is 2.13.